The minimum absolute atomic E-state index is 0.0254. The molecule has 0 aliphatic carbocycles. The van der Waals surface area contributed by atoms with E-state index in [9.17, 15) is 4.79 Å². The van der Waals surface area contributed by atoms with Gasteiger partial charge in [0.1, 0.15) is 0 Å². The largest absolute Gasteiger partial charge is 0.375 e. The van der Waals surface area contributed by atoms with Gasteiger partial charge in [0.15, 0.2) is 0 Å². The predicted molar refractivity (Wildman–Crippen MR) is 95.3 cm³/mol. The van der Waals surface area contributed by atoms with Gasteiger partial charge in [0.2, 0.25) is 5.91 Å². The molecule has 0 fully saturated rings. The zero-order valence-electron chi connectivity index (χ0n) is 12.9. The van der Waals surface area contributed by atoms with Crippen LogP contribution in [-0.4, -0.2) is 26.0 Å². The molecule has 0 atom stereocenters. The van der Waals surface area contributed by atoms with Crippen molar-refractivity contribution in [3.63, 3.8) is 0 Å². The normalized spacial score (nSPS) is 10.8. The number of anilines is 1. The molecule has 1 amide bonds. The van der Waals surface area contributed by atoms with E-state index in [1.54, 1.807) is 17.4 Å². The molecule has 1 heterocycles. The third kappa shape index (κ3) is 5.74. The maximum Gasteiger partial charge on any atom is 0.243 e. The van der Waals surface area contributed by atoms with E-state index in [-0.39, 0.29) is 5.91 Å². The summed E-state index contributed by atoms with van der Waals surface area (Å²) < 4.78 is 0. The molecule has 22 heavy (non-hydrogen) atoms. The summed E-state index contributed by atoms with van der Waals surface area (Å²) in [5.74, 6) is -0.0254. The highest BCUT2D eigenvalue weighted by Crippen LogP contribution is 2.11. The number of carbonyl (C=O) groups is 1. The molecule has 0 saturated heterocycles. The maximum absolute atomic E-state index is 11.7. The van der Waals surface area contributed by atoms with E-state index in [0.717, 1.165) is 31.5 Å². The van der Waals surface area contributed by atoms with Gasteiger partial charge in [-0.15, -0.1) is 0 Å². The first-order valence-corrected chi connectivity index (χ1v) is 8.44. The van der Waals surface area contributed by atoms with Crippen molar-refractivity contribution >= 4 is 29.0 Å². The average Bonchev–Trinajstić information content (AvgIpc) is 3.06. The van der Waals surface area contributed by atoms with Crippen molar-refractivity contribution in [2.24, 2.45) is 0 Å². The molecule has 1 N–H and O–H groups in total. The lowest BCUT2D eigenvalue weighted by Crippen LogP contribution is -2.24. The Morgan fingerprint density at radius 1 is 1.23 bits per heavy atom. The molecular weight excluding hydrogens is 292 g/mol. The van der Waals surface area contributed by atoms with Crippen LogP contribution < -0.4 is 10.2 Å². The molecule has 0 aliphatic rings. The van der Waals surface area contributed by atoms with Gasteiger partial charge in [-0.3, -0.25) is 4.79 Å². The van der Waals surface area contributed by atoms with Gasteiger partial charge in [-0.2, -0.15) is 11.3 Å². The Balaban J connectivity index is 1.58. The molecule has 1 aromatic heterocycles. The van der Waals surface area contributed by atoms with Crippen LogP contribution in [0.2, 0.25) is 0 Å². The van der Waals surface area contributed by atoms with Crippen molar-refractivity contribution in [1.82, 2.24) is 5.32 Å². The summed E-state index contributed by atoms with van der Waals surface area (Å²) in [5, 5.41) is 6.94. The molecule has 0 spiro atoms. The van der Waals surface area contributed by atoms with E-state index in [1.165, 1.54) is 5.69 Å². The molecule has 1 aromatic carbocycles. The average molecular weight is 314 g/mol. The van der Waals surface area contributed by atoms with Gasteiger partial charge in [-0.25, -0.2) is 0 Å². The zero-order valence-corrected chi connectivity index (χ0v) is 13.7. The summed E-state index contributed by atoms with van der Waals surface area (Å²) in [6.45, 7) is 1.71. The van der Waals surface area contributed by atoms with E-state index in [1.807, 2.05) is 41.1 Å². The Morgan fingerprint density at radius 2 is 2.05 bits per heavy atom. The third-order valence-electron chi connectivity index (χ3n) is 3.39. The van der Waals surface area contributed by atoms with Crippen LogP contribution in [0.25, 0.3) is 6.08 Å². The summed E-state index contributed by atoms with van der Waals surface area (Å²) in [4.78, 5) is 13.9. The van der Waals surface area contributed by atoms with Crippen molar-refractivity contribution in [3.8, 4) is 0 Å². The van der Waals surface area contributed by atoms with Crippen LogP contribution in [0.15, 0.2) is 53.2 Å². The first kappa shape index (κ1) is 16.3. The highest BCUT2D eigenvalue weighted by Gasteiger charge is 2.00. The Kier molecular flexibility index (Phi) is 6.71. The van der Waals surface area contributed by atoms with E-state index >= 15 is 0 Å². The highest BCUT2D eigenvalue weighted by atomic mass is 32.1. The monoisotopic (exact) mass is 314 g/mol. The fourth-order valence-electron chi connectivity index (χ4n) is 2.10. The second-order valence-corrected chi connectivity index (χ2v) is 5.93. The second kappa shape index (κ2) is 9.05. The van der Waals surface area contributed by atoms with Gasteiger partial charge < -0.3 is 10.2 Å². The van der Waals surface area contributed by atoms with E-state index in [4.69, 9.17) is 0 Å². The Morgan fingerprint density at radius 3 is 2.77 bits per heavy atom. The molecule has 0 radical (unpaired) electrons. The summed E-state index contributed by atoms with van der Waals surface area (Å²) in [6.07, 6.45) is 5.47. The number of thiophene rings is 1. The van der Waals surface area contributed by atoms with Crippen LogP contribution in [0.1, 0.15) is 18.4 Å². The smallest absolute Gasteiger partial charge is 0.243 e. The first-order valence-electron chi connectivity index (χ1n) is 7.50. The lowest BCUT2D eigenvalue weighted by Gasteiger charge is -2.18. The summed E-state index contributed by atoms with van der Waals surface area (Å²) in [6, 6.07) is 12.3. The molecule has 0 bridgehead atoms. The van der Waals surface area contributed by atoms with Crippen LogP contribution in [0.5, 0.6) is 0 Å². The fraction of sp³-hybridized carbons (Fsp3) is 0.278. The number of carbonyl (C=O) groups excluding carboxylic acids is 1. The van der Waals surface area contributed by atoms with Crippen molar-refractivity contribution in [2.75, 3.05) is 25.0 Å². The number of nitrogens with one attached hydrogen (secondary N) is 1. The molecule has 116 valence electrons. The number of amides is 1. The molecule has 3 nitrogen and oxygen atoms in total. The fourth-order valence-corrected chi connectivity index (χ4v) is 2.73. The number of hydrogen-bond donors (Lipinski definition) is 1. The number of hydrogen-bond acceptors (Lipinski definition) is 3. The van der Waals surface area contributed by atoms with Gasteiger partial charge in [0, 0.05) is 31.9 Å². The predicted octanol–water partition coefficient (Wildman–Crippen LogP) is 3.79. The van der Waals surface area contributed by atoms with Gasteiger partial charge in [-0.05, 0) is 53.4 Å². The molecule has 0 aliphatic heterocycles. The van der Waals surface area contributed by atoms with E-state index in [2.05, 4.69) is 29.4 Å². The molecule has 0 unspecified atom stereocenters. The van der Waals surface area contributed by atoms with E-state index < -0.39 is 0 Å². The Hall–Kier alpha value is -2.07. The van der Waals surface area contributed by atoms with Gasteiger partial charge in [-0.1, -0.05) is 18.2 Å². The quantitative estimate of drug-likeness (QED) is 0.594. The summed E-state index contributed by atoms with van der Waals surface area (Å²) in [5.41, 5.74) is 2.30. The maximum atomic E-state index is 11.7. The summed E-state index contributed by atoms with van der Waals surface area (Å²) in [7, 11) is 2.09. The molecule has 2 rings (SSSR count). The second-order valence-electron chi connectivity index (χ2n) is 5.15. The standard InChI is InChI=1S/C18H22N2OS/c1-20(17-7-3-2-4-8-17)13-6-5-12-19-18(21)10-9-16-11-14-22-15-16/h2-4,7-11,14-15H,5-6,12-13H2,1H3,(H,19,21)/b10-9+. The third-order valence-corrected chi connectivity index (χ3v) is 4.09. The lowest BCUT2D eigenvalue weighted by molar-refractivity contribution is -0.116. The van der Waals surface area contributed by atoms with Crippen LogP contribution >= 0.6 is 11.3 Å². The van der Waals surface area contributed by atoms with Crippen molar-refractivity contribution < 1.29 is 4.79 Å². The van der Waals surface area contributed by atoms with Crippen molar-refractivity contribution in [2.45, 2.75) is 12.8 Å². The zero-order chi connectivity index (χ0) is 15.6. The number of para-hydroxylation sites is 1. The molecular formula is C18H22N2OS. The molecule has 0 saturated carbocycles. The SMILES string of the molecule is CN(CCCCNC(=O)/C=C/c1ccsc1)c1ccccc1. The van der Waals surface area contributed by atoms with Crippen LogP contribution in [0, 0.1) is 0 Å². The number of benzene rings is 1. The van der Waals surface area contributed by atoms with Crippen LogP contribution in [0.4, 0.5) is 5.69 Å². The number of nitrogens with zero attached hydrogens (tertiary/aromatic N) is 1. The van der Waals surface area contributed by atoms with Crippen molar-refractivity contribution in [3.05, 3.63) is 58.8 Å². The number of rotatable bonds is 8. The lowest BCUT2D eigenvalue weighted by atomic mass is 10.2. The van der Waals surface area contributed by atoms with Crippen molar-refractivity contribution in [1.29, 1.82) is 0 Å². The topological polar surface area (TPSA) is 32.3 Å². The first-order chi connectivity index (χ1) is 10.8. The molecule has 2 aromatic rings. The van der Waals surface area contributed by atoms with Crippen LogP contribution in [-0.2, 0) is 4.79 Å². The summed E-state index contributed by atoms with van der Waals surface area (Å²) >= 11 is 1.63. The van der Waals surface area contributed by atoms with E-state index in [0.29, 0.717) is 0 Å². The van der Waals surface area contributed by atoms with Gasteiger partial charge in [0.05, 0.1) is 0 Å². The number of unbranched alkanes of at least 4 members (excludes halogenated alkanes) is 1. The minimum Gasteiger partial charge on any atom is -0.375 e. The minimum atomic E-state index is -0.0254. The Labute approximate surface area is 136 Å². The van der Waals surface area contributed by atoms with Crippen LogP contribution in [0.3, 0.4) is 0 Å². The molecule has 4 heteroatoms. The van der Waals surface area contributed by atoms with Gasteiger partial charge >= 0.3 is 0 Å². The highest BCUT2D eigenvalue weighted by molar-refractivity contribution is 7.08. The Bertz CT molecular complexity index is 578. The van der Waals surface area contributed by atoms with Gasteiger partial charge in [0.25, 0.3) is 0 Å².